The van der Waals surface area contributed by atoms with E-state index in [-0.39, 0.29) is 23.6 Å². The van der Waals surface area contributed by atoms with Crippen molar-refractivity contribution in [3.05, 3.63) is 76.1 Å². The summed E-state index contributed by atoms with van der Waals surface area (Å²) >= 11 is 0. The minimum atomic E-state index is -0.643. The first-order chi connectivity index (χ1) is 19.8. The van der Waals surface area contributed by atoms with E-state index in [1.165, 1.54) is 6.92 Å². The highest BCUT2D eigenvalue weighted by atomic mass is 16.6. The number of Topliss-reactive ketones (excluding diaryl/α,β-unsaturated/α-hetero) is 1. The molecule has 41 heavy (non-hydrogen) atoms. The minimum absolute atomic E-state index is 0.00887. The topological polar surface area (TPSA) is 100 Å². The summed E-state index contributed by atoms with van der Waals surface area (Å²) in [5.41, 5.74) is 4.23. The normalized spacial score (nSPS) is 20.8. The largest absolute Gasteiger partial charge is 0.497 e. The van der Waals surface area contributed by atoms with Crippen molar-refractivity contribution in [2.24, 2.45) is 0 Å². The molecule has 3 aliphatic rings. The summed E-state index contributed by atoms with van der Waals surface area (Å²) in [4.78, 5) is 39.4. The first-order valence-electron chi connectivity index (χ1n) is 14.3. The van der Waals surface area contributed by atoms with E-state index in [0.717, 1.165) is 42.7 Å². The number of allylic oxidation sites excluding steroid dienone is 3. The van der Waals surface area contributed by atoms with Crippen molar-refractivity contribution in [2.75, 3.05) is 13.7 Å². The van der Waals surface area contributed by atoms with Gasteiger partial charge in [0.25, 0.3) is 0 Å². The van der Waals surface area contributed by atoms with Crippen LogP contribution in [0.3, 0.4) is 0 Å². The molecule has 1 aliphatic heterocycles. The number of dihydropyridines is 1. The molecule has 0 radical (unpaired) electrons. The van der Waals surface area contributed by atoms with Crippen molar-refractivity contribution in [1.82, 2.24) is 5.32 Å². The molecule has 2 aliphatic carbocycles. The molecule has 0 saturated heterocycles. The number of ether oxygens (including phenoxy) is 4. The maximum Gasteiger partial charge on any atom is 0.337 e. The van der Waals surface area contributed by atoms with Crippen molar-refractivity contribution in [1.29, 1.82) is 0 Å². The van der Waals surface area contributed by atoms with Crippen LogP contribution in [0.15, 0.2) is 65.0 Å². The smallest absolute Gasteiger partial charge is 0.337 e. The second-order valence-electron chi connectivity index (χ2n) is 10.8. The van der Waals surface area contributed by atoms with Crippen molar-refractivity contribution in [3.8, 4) is 17.2 Å². The third-order valence-electron chi connectivity index (χ3n) is 8.07. The van der Waals surface area contributed by atoms with Gasteiger partial charge in [-0.05, 0) is 87.3 Å². The highest BCUT2D eigenvalue weighted by molar-refractivity contribution is 6.04. The summed E-state index contributed by atoms with van der Waals surface area (Å²) in [6.45, 7) is 5.39. The molecule has 8 nitrogen and oxygen atoms in total. The van der Waals surface area contributed by atoms with Gasteiger partial charge in [-0.1, -0.05) is 18.2 Å². The quantitative estimate of drug-likeness (QED) is 0.317. The second-order valence-corrected chi connectivity index (χ2v) is 10.8. The van der Waals surface area contributed by atoms with Gasteiger partial charge in [0, 0.05) is 36.2 Å². The summed E-state index contributed by atoms with van der Waals surface area (Å²) in [6.07, 6.45) is 4.58. The van der Waals surface area contributed by atoms with E-state index in [0.29, 0.717) is 47.6 Å². The molecule has 5 rings (SSSR count). The van der Waals surface area contributed by atoms with Crippen molar-refractivity contribution in [2.45, 2.75) is 77.2 Å². The number of carbonyl (C=O) groups is 3. The summed E-state index contributed by atoms with van der Waals surface area (Å²) in [7, 11) is 1.63. The highest BCUT2D eigenvalue weighted by Crippen LogP contribution is 2.47. The van der Waals surface area contributed by atoms with Gasteiger partial charge in [-0.3, -0.25) is 9.59 Å². The van der Waals surface area contributed by atoms with Crippen LogP contribution in [0.25, 0.3) is 0 Å². The number of rotatable bonds is 8. The van der Waals surface area contributed by atoms with Gasteiger partial charge in [-0.2, -0.15) is 0 Å². The first-order valence-corrected chi connectivity index (χ1v) is 14.3. The van der Waals surface area contributed by atoms with Gasteiger partial charge < -0.3 is 24.3 Å². The molecule has 2 aromatic rings. The summed E-state index contributed by atoms with van der Waals surface area (Å²) in [6, 6.07) is 13.0. The predicted molar refractivity (Wildman–Crippen MR) is 153 cm³/mol. The number of hydrogen-bond donors (Lipinski definition) is 1. The Morgan fingerprint density at radius 3 is 2.34 bits per heavy atom. The third-order valence-corrected chi connectivity index (χ3v) is 8.07. The van der Waals surface area contributed by atoms with E-state index in [9.17, 15) is 14.4 Å². The number of hydrogen-bond acceptors (Lipinski definition) is 8. The zero-order valence-electron chi connectivity index (χ0n) is 24.1. The Hall–Kier alpha value is -4.07. The van der Waals surface area contributed by atoms with Gasteiger partial charge >= 0.3 is 11.9 Å². The van der Waals surface area contributed by atoms with Crippen LogP contribution in [0, 0.1) is 0 Å². The molecule has 2 aromatic carbocycles. The Morgan fingerprint density at radius 2 is 1.68 bits per heavy atom. The summed E-state index contributed by atoms with van der Waals surface area (Å²) < 4.78 is 22.5. The van der Waals surface area contributed by atoms with Crippen LogP contribution in [0.1, 0.15) is 82.3 Å². The van der Waals surface area contributed by atoms with Gasteiger partial charge in [0.05, 0.1) is 19.3 Å². The van der Waals surface area contributed by atoms with E-state index < -0.39 is 17.9 Å². The Kier molecular flexibility index (Phi) is 8.47. The standard InChI is InChI=1S/C33H37NO7/c1-5-39-29-18-22(12-15-28(29)40-20(3)35)31-30(33(37)41-25-8-6-7-9-25)19(2)34-26-16-23(17-27(36)32(26)31)21-10-13-24(38-4)14-11-21/h10-15,18,23,25,31,34H,5-9,16-17H2,1-4H3/t23-,31+/m0/s1. The molecule has 2 atom stereocenters. The van der Waals surface area contributed by atoms with E-state index >= 15 is 0 Å². The number of methoxy groups -OCH3 is 1. The lowest BCUT2D eigenvalue weighted by Crippen LogP contribution is -2.36. The van der Waals surface area contributed by atoms with Gasteiger partial charge in [-0.15, -0.1) is 0 Å². The molecular formula is C33H37NO7. The molecule has 0 unspecified atom stereocenters. The zero-order chi connectivity index (χ0) is 29.1. The fourth-order valence-corrected chi connectivity index (χ4v) is 6.19. The lowest BCUT2D eigenvalue weighted by molar-refractivity contribution is -0.144. The highest BCUT2D eigenvalue weighted by Gasteiger charge is 2.42. The fraction of sp³-hybridized carbons (Fsp3) is 0.424. The number of nitrogens with one attached hydrogen (secondary N) is 1. The fourth-order valence-electron chi connectivity index (χ4n) is 6.19. The number of carbonyl (C=O) groups excluding carboxylic acids is 3. The van der Waals surface area contributed by atoms with Crippen LogP contribution >= 0.6 is 0 Å². The molecule has 1 N–H and O–H groups in total. The molecule has 0 aromatic heterocycles. The van der Waals surface area contributed by atoms with Crippen LogP contribution in [0.5, 0.6) is 17.2 Å². The maximum atomic E-state index is 14.0. The summed E-state index contributed by atoms with van der Waals surface area (Å²) in [5, 5.41) is 3.42. The number of ketones is 1. The van der Waals surface area contributed by atoms with Gasteiger partial charge in [0.15, 0.2) is 17.3 Å². The molecule has 1 heterocycles. The summed E-state index contributed by atoms with van der Waals surface area (Å²) in [5.74, 6) is -0.124. The van der Waals surface area contributed by atoms with Crippen molar-refractivity contribution < 1.29 is 33.3 Å². The molecule has 8 heteroatoms. The van der Waals surface area contributed by atoms with E-state index in [4.69, 9.17) is 18.9 Å². The van der Waals surface area contributed by atoms with Crippen LogP contribution in [0.4, 0.5) is 0 Å². The van der Waals surface area contributed by atoms with Crippen LogP contribution in [-0.4, -0.2) is 37.5 Å². The lowest BCUT2D eigenvalue weighted by Gasteiger charge is -2.37. The Labute approximate surface area is 240 Å². The van der Waals surface area contributed by atoms with Crippen LogP contribution in [0.2, 0.25) is 0 Å². The van der Waals surface area contributed by atoms with Crippen molar-refractivity contribution >= 4 is 17.7 Å². The predicted octanol–water partition coefficient (Wildman–Crippen LogP) is 5.87. The Morgan fingerprint density at radius 1 is 0.976 bits per heavy atom. The van der Waals surface area contributed by atoms with Gasteiger partial charge in [0.1, 0.15) is 11.9 Å². The van der Waals surface area contributed by atoms with E-state index in [1.807, 2.05) is 38.1 Å². The number of esters is 2. The third kappa shape index (κ3) is 6.01. The van der Waals surface area contributed by atoms with E-state index in [2.05, 4.69) is 5.32 Å². The molecule has 0 amide bonds. The van der Waals surface area contributed by atoms with Crippen molar-refractivity contribution in [3.63, 3.8) is 0 Å². The van der Waals surface area contributed by atoms with Crippen LogP contribution in [-0.2, 0) is 19.1 Å². The first kappa shape index (κ1) is 28.5. The van der Waals surface area contributed by atoms with Crippen LogP contribution < -0.4 is 19.5 Å². The zero-order valence-corrected chi connectivity index (χ0v) is 24.1. The number of benzene rings is 2. The lowest BCUT2D eigenvalue weighted by atomic mass is 9.71. The van der Waals surface area contributed by atoms with Gasteiger partial charge in [-0.25, -0.2) is 4.79 Å². The van der Waals surface area contributed by atoms with Gasteiger partial charge in [0.2, 0.25) is 0 Å². The molecule has 0 spiro atoms. The minimum Gasteiger partial charge on any atom is -0.497 e. The average molecular weight is 560 g/mol. The molecule has 1 saturated carbocycles. The second kappa shape index (κ2) is 12.2. The average Bonchev–Trinajstić information content (AvgIpc) is 3.46. The Bertz CT molecular complexity index is 1400. The molecule has 1 fully saturated rings. The molecule has 0 bridgehead atoms. The monoisotopic (exact) mass is 559 g/mol. The molecular weight excluding hydrogens is 522 g/mol. The maximum absolute atomic E-state index is 14.0. The van der Waals surface area contributed by atoms with E-state index in [1.54, 1.807) is 25.3 Å². The Balaban J connectivity index is 1.57. The SMILES string of the molecule is CCOc1cc([C@@H]2C(C(=O)OC3CCCC3)=C(C)NC3=C2C(=O)C[C@@H](c2ccc(OC)cc2)C3)ccc1OC(C)=O. The molecule has 216 valence electrons.